The minimum atomic E-state index is -0.417. The van der Waals surface area contributed by atoms with Gasteiger partial charge in [0.15, 0.2) is 0 Å². The van der Waals surface area contributed by atoms with Gasteiger partial charge in [-0.15, -0.1) is 0 Å². The third-order valence-corrected chi connectivity index (χ3v) is 3.04. The number of hydrazone groups is 1. The topological polar surface area (TPSA) is 74.8 Å². The van der Waals surface area contributed by atoms with E-state index in [1.807, 2.05) is 0 Å². The normalized spacial score (nSPS) is 10.9. The van der Waals surface area contributed by atoms with Crippen molar-refractivity contribution >= 4 is 35.3 Å². The fourth-order valence-electron chi connectivity index (χ4n) is 1.53. The Morgan fingerprint density at radius 1 is 1.45 bits per heavy atom. The number of phenolic OH excluding ortho intramolecular Hbond substituents is 1. The van der Waals surface area contributed by atoms with Crippen molar-refractivity contribution in [1.82, 2.24) is 5.43 Å². The predicted molar refractivity (Wildman–Crippen MR) is 76.6 cm³/mol. The maximum Gasteiger partial charge on any atom is 0.274 e. The smallest absolute Gasteiger partial charge is 0.274 e. The highest BCUT2D eigenvalue weighted by molar-refractivity contribution is 6.36. The van der Waals surface area contributed by atoms with Crippen molar-refractivity contribution in [2.45, 2.75) is 6.92 Å². The molecule has 0 atom stereocenters. The second-order valence-corrected chi connectivity index (χ2v) is 4.76. The number of aryl methyl sites for hydroxylation is 1. The molecule has 1 heterocycles. The first-order valence-electron chi connectivity index (χ1n) is 5.54. The molecule has 0 aliphatic rings. The number of hydrogen-bond acceptors (Lipinski definition) is 4. The Morgan fingerprint density at radius 2 is 2.20 bits per heavy atom. The number of rotatable bonds is 3. The van der Waals surface area contributed by atoms with Gasteiger partial charge in [0.25, 0.3) is 5.91 Å². The number of benzene rings is 1. The third kappa shape index (κ3) is 3.12. The number of nitrogens with one attached hydrogen (secondary N) is 1. The van der Waals surface area contributed by atoms with E-state index >= 15 is 0 Å². The quantitative estimate of drug-likeness (QED) is 0.674. The van der Waals surface area contributed by atoms with E-state index in [0.29, 0.717) is 21.9 Å². The van der Waals surface area contributed by atoms with E-state index in [9.17, 15) is 9.90 Å². The molecule has 20 heavy (non-hydrogen) atoms. The van der Waals surface area contributed by atoms with Gasteiger partial charge in [-0.05, 0) is 25.1 Å². The highest BCUT2D eigenvalue weighted by Crippen LogP contribution is 2.29. The predicted octanol–water partition coefficient (Wildman–Crippen LogP) is 3.36. The summed E-state index contributed by atoms with van der Waals surface area (Å²) >= 11 is 11.6. The zero-order valence-corrected chi connectivity index (χ0v) is 11.9. The number of phenols is 1. The summed E-state index contributed by atoms with van der Waals surface area (Å²) in [5.41, 5.74) is 3.00. The average molecular weight is 313 g/mol. The van der Waals surface area contributed by atoms with Crippen molar-refractivity contribution in [3.8, 4) is 5.75 Å². The number of carbonyl (C=O) groups excluding carboxylic acids is 1. The lowest BCUT2D eigenvalue weighted by molar-refractivity contribution is 0.0953. The fourth-order valence-corrected chi connectivity index (χ4v) is 2.03. The summed E-state index contributed by atoms with van der Waals surface area (Å²) < 4.78 is 5.01. The molecule has 2 aromatic rings. The molecule has 1 aromatic heterocycles. The lowest BCUT2D eigenvalue weighted by Gasteiger charge is -2.02. The second kappa shape index (κ2) is 5.98. The summed E-state index contributed by atoms with van der Waals surface area (Å²) in [4.78, 5) is 11.7. The van der Waals surface area contributed by atoms with E-state index in [1.165, 1.54) is 30.7 Å². The van der Waals surface area contributed by atoms with Gasteiger partial charge in [0, 0.05) is 10.6 Å². The van der Waals surface area contributed by atoms with Crippen LogP contribution in [0.25, 0.3) is 0 Å². The molecule has 1 aromatic carbocycles. The van der Waals surface area contributed by atoms with E-state index in [2.05, 4.69) is 10.5 Å². The molecular weight excluding hydrogens is 303 g/mol. The molecule has 0 saturated carbocycles. The van der Waals surface area contributed by atoms with Gasteiger partial charge < -0.3 is 9.52 Å². The molecule has 2 N–H and O–H groups in total. The second-order valence-electron chi connectivity index (χ2n) is 3.92. The molecule has 0 aliphatic carbocycles. The number of halogens is 2. The molecule has 5 nitrogen and oxygen atoms in total. The molecule has 104 valence electrons. The van der Waals surface area contributed by atoms with Crippen molar-refractivity contribution in [2.75, 3.05) is 0 Å². The van der Waals surface area contributed by atoms with Crippen molar-refractivity contribution in [3.63, 3.8) is 0 Å². The van der Waals surface area contributed by atoms with E-state index in [4.69, 9.17) is 27.6 Å². The Hall–Kier alpha value is -1.98. The van der Waals surface area contributed by atoms with Gasteiger partial charge in [0.05, 0.1) is 23.1 Å². The van der Waals surface area contributed by atoms with Crippen LogP contribution >= 0.6 is 23.2 Å². The molecule has 2 rings (SSSR count). The summed E-state index contributed by atoms with van der Waals surface area (Å²) in [7, 11) is 0. The van der Waals surface area contributed by atoms with Crippen molar-refractivity contribution < 1.29 is 14.3 Å². The van der Waals surface area contributed by atoms with Crippen molar-refractivity contribution in [2.24, 2.45) is 5.10 Å². The summed E-state index contributed by atoms with van der Waals surface area (Å²) in [6, 6.07) is 4.42. The third-order valence-electron chi connectivity index (χ3n) is 2.53. The van der Waals surface area contributed by atoms with Gasteiger partial charge in [-0.25, -0.2) is 5.43 Å². The van der Waals surface area contributed by atoms with Crippen LogP contribution in [0.1, 0.15) is 21.7 Å². The average Bonchev–Trinajstić information content (AvgIpc) is 2.81. The number of furan rings is 1. The molecule has 0 aliphatic heterocycles. The molecular formula is C13H10Cl2N2O3. The fraction of sp³-hybridized carbons (Fsp3) is 0.0769. The summed E-state index contributed by atoms with van der Waals surface area (Å²) in [6.07, 6.45) is 2.66. The van der Waals surface area contributed by atoms with Crippen LogP contribution < -0.4 is 5.43 Å². The van der Waals surface area contributed by atoms with Crippen LogP contribution in [0.3, 0.4) is 0 Å². The number of carbonyl (C=O) groups is 1. The molecule has 0 bridgehead atoms. The van der Waals surface area contributed by atoms with Crippen molar-refractivity contribution in [1.29, 1.82) is 0 Å². The first-order chi connectivity index (χ1) is 9.49. The van der Waals surface area contributed by atoms with Crippen LogP contribution in [-0.2, 0) is 0 Å². The van der Waals surface area contributed by atoms with Crippen LogP contribution in [0.15, 0.2) is 34.0 Å². The Balaban J connectivity index is 2.11. The van der Waals surface area contributed by atoms with Gasteiger partial charge in [-0.3, -0.25) is 4.79 Å². The lowest BCUT2D eigenvalue weighted by atomic mass is 10.2. The van der Waals surface area contributed by atoms with E-state index in [0.717, 1.165) is 0 Å². The largest absolute Gasteiger partial charge is 0.506 e. The van der Waals surface area contributed by atoms with Crippen LogP contribution in [0.2, 0.25) is 10.0 Å². The Labute approximate surface area is 124 Å². The zero-order valence-electron chi connectivity index (χ0n) is 10.4. The van der Waals surface area contributed by atoms with Crippen molar-refractivity contribution in [3.05, 3.63) is 51.4 Å². The van der Waals surface area contributed by atoms with Gasteiger partial charge in [0.1, 0.15) is 11.5 Å². The first-order valence-corrected chi connectivity index (χ1v) is 6.30. The summed E-state index contributed by atoms with van der Waals surface area (Å²) in [5.74, 6) is -0.0833. The highest BCUT2D eigenvalue weighted by atomic mass is 35.5. The van der Waals surface area contributed by atoms with Crippen LogP contribution in [0, 0.1) is 6.92 Å². The minimum Gasteiger partial charge on any atom is -0.506 e. The van der Waals surface area contributed by atoms with E-state index in [1.54, 1.807) is 6.92 Å². The maximum absolute atomic E-state index is 11.7. The van der Waals surface area contributed by atoms with Crippen LogP contribution in [-0.4, -0.2) is 17.2 Å². The zero-order chi connectivity index (χ0) is 14.7. The summed E-state index contributed by atoms with van der Waals surface area (Å²) in [5, 5.41) is 13.9. The monoisotopic (exact) mass is 312 g/mol. The first kappa shape index (κ1) is 14.4. The molecule has 0 unspecified atom stereocenters. The molecule has 1 amide bonds. The van der Waals surface area contributed by atoms with Crippen LogP contribution in [0.5, 0.6) is 5.75 Å². The van der Waals surface area contributed by atoms with Gasteiger partial charge in [-0.1, -0.05) is 23.2 Å². The highest BCUT2D eigenvalue weighted by Gasteiger charge is 2.10. The lowest BCUT2D eigenvalue weighted by Crippen LogP contribution is -2.17. The standard InChI is InChI=1S/C13H10Cl2N2O3/c1-7-10(2-3-20-7)13(19)17-16-6-8-4-9(14)5-11(15)12(8)18/h2-6,18H,1H3,(H,17,19). The Morgan fingerprint density at radius 3 is 2.85 bits per heavy atom. The Kier molecular flexibility index (Phi) is 4.32. The van der Waals surface area contributed by atoms with E-state index < -0.39 is 5.91 Å². The molecule has 7 heteroatoms. The SMILES string of the molecule is Cc1occc1C(=O)NN=Cc1cc(Cl)cc(Cl)c1O. The van der Waals surface area contributed by atoms with E-state index in [-0.39, 0.29) is 10.8 Å². The molecule has 0 radical (unpaired) electrons. The van der Waals surface area contributed by atoms with Gasteiger partial charge >= 0.3 is 0 Å². The molecule has 0 spiro atoms. The number of hydrogen-bond donors (Lipinski definition) is 2. The Bertz CT molecular complexity index is 680. The molecule has 0 fully saturated rings. The number of amides is 1. The molecule has 0 saturated heterocycles. The number of aromatic hydroxyl groups is 1. The van der Waals surface area contributed by atoms with Gasteiger partial charge in [-0.2, -0.15) is 5.10 Å². The van der Waals surface area contributed by atoms with Gasteiger partial charge in [0.2, 0.25) is 0 Å². The maximum atomic E-state index is 11.7. The number of nitrogens with zero attached hydrogens (tertiary/aromatic N) is 1. The minimum absolute atomic E-state index is 0.107. The van der Waals surface area contributed by atoms with Crippen LogP contribution in [0.4, 0.5) is 0 Å². The summed E-state index contributed by atoms with van der Waals surface area (Å²) in [6.45, 7) is 1.67.